The molecule has 0 nitrogen and oxygen atoms in total. The van der Waals surface area contributed by atoms with Crippen LogP contribution in [0.2, 0.25) is 5.02 Å². The second-order valence-corrected chi connectivity index (χ2v) is 4.66. The fraction of sp³-hybridized carbons (Fsp3) is 0.500. The van der Waals surface area contributed by atoms with Crippen LogP contribution < -0.4 is 0 Å². The molecule has 0 N–H and O–H groups in total. The summed E-state index contributed by atoms with van der Waals surface area (Å²) in [6.45, 7) is 2.00. The maximum atomic E-state index is 5.89. The molecule has 0 aliphatic rings. The van der Waals surface area contributed by atoms with Gasteiger partial charge in [0.2, 0.25) is 0 Å². The standard InChI is InChI=1S/C8H10Cl2S/c1-6(9)2-3-8-7(10)4-5-11-8/h4-6H,2-3H2,1H3. The van der Waals surface area contributed by atoms with Gasteiger partial charge in [0.1, 0.15) is 0 Å². The zero-order chi connectivity index (χ0) is 8.27. The van der Waals surface area contributed by atoms with E-state index in [2.05, 4.69) is 0 Å². The maximum absolute atomic E-state index is 5.89. The molecule has 11 heavy (non-hydrogen) atoms. The molecule has 0 amide bonds. The van der Waals surface area contributed by atoms with E-state index in [-0.39, 0.29) is 5.38 Å². The Balaban J connectivity index is 2.44. The first-order valence-electron chi connectivity index (χ1n) is 3.56. The number of rotatable bonds is 3. The number of halogens is 2. The van der Waals surface area contributed by atoms with Gasteiger partial charge in [0, 0.05) is 10.3 Å². The van der Waals surface area contributed by atoms with Crippen LogP contribution in [0, 0.1) is 0 Å². The summed E-state index contributed by atoms with van der Waals surface area (Å²) in [6, 6.07) is 1.93. The molecule has 0 spiro atoms. The summed E-state index contributed by atoms with van der Waals surface area (Å²) in [6.07, 6.45) is 2.00. The second-order valence-electron chi connectivity index (χ2n) is 2.51. The molecule has 0 aliphatic carbocycles. The highest BCUT2D eigenvalue weighted by atomic mass is 35.5. The van der Waals surface area contributed by atoms with Gasteiger partial charge in [-0.1, -0.05) is 11.6 Å². The van der Waals surface area contributed by atoms with Gasteiger partial charge in [-0.15, -0.1) is 22.9 Å². The van der Waals surface area contributed by atoms with E-state index in [9.17, 15) is 0 Å². The van der Waals surface area contributed by atoms with Crippen LogP contribution in [0.15, 0.2) is 11.4 Å². The van der Waals surface area contributed by atoms with Crippen molar-refractivity contribution in [2.24, 2.45) is 0 Å². The van der Waals surface area contributed by atoms with E-state index in [1.165, 1.54) is 4.88 Å². The molecule has 3 heteroatoms. The molecule has 0 saturated heterocycles. The minimum Gasteiger partial charge on any atom is -0.147 e. The topological polar surface area (TPSA) is 0 Å². The number of alkyl halides is 1. The predicted octanol–water partition coefficient (Wildman–Crippen LogP) is 3.96. The highest BCUT2D eigenvalue weighted by Crippen LogP contribution is 2.24. The van der Waals surface area contributed by atoms with Crippen molar-refractivity contribution in [1.29, 1.82) is 0 Å². The van der Waals surface area contributed by atoms with Gasteiger partial charge in [0.15, 0.2) is 0 Å². The Morgan fingerprint density at radius 1 is 1.64 bits per heavy atom. The lowest BCUT2D eigenvalue weighted by atomic mass is 10.2. The Bertz CT molecular complexity index is 218. The van der Waals surface area contributed by atoms with E-state index in [0.717, 1.165) is 17.9 Å². The second kappa shape index (κ2) is 4.34. The molecule has 1 heterocycles. The quantitative estimate of drug-likeness (QED) is 0.661. The zero-order valence-electron chi connectivity index (χ0n) is 6.31. The van der Waals surface area contributed by atoms with Crippen molar-refractivity contribution >= 4 is 34.5 Å². The lowest BCUT2D eigenvalue weighted by Gasteiger charge is -2.00. The molecule has 0 saturated carbocycles. The average Bonchev–Trinajstić information content (AvgIpc) is 2.31. The summed E-state index contributed by atoms with van der Waals surface area (Å²) >= 11 is 13.4. The number of hydrogen-bond acceptors (Lipinski definition) is 1. The summed E-state index contributed by atoms with van der Waals surface area (Å²) < 4.78 is 0. The molecular formula is C8H10Cl2S. The van der Waals surface area contributed by atoms with Crippen molar-refractivity contribution in [2.45, 2.75) is 25.1 Å². The first-order valence-corrected chi connectivity index (χ1v) is 5.25. The van der Waals surface area contributed by atoms with Crippen LogP contribution in [-0.4, -0.2) is 5.38 Å². The number of hydrogen-bond donors (Lipinski definition) is 0. The van der Waals surface area contributed by atoms with Gasteiger partial charge in [-0.3, -0.25) is 0 Å². The summed E-state index contributed by atoms with van der Waals surface area (Å²) in [5.41, 5.74) is 0. The van der Waals surface area contributed by atoms with Crippen LogP contribution in [0.5, 0.6) is 0 Å². The van der Waals surface area contributed by atoms with Gasteiger partial charge in [0.25, 0.3) is 0 Å². The van der Waals surface area contributed by atoms with Crippen molar-refractivity contribution in [3.05, 3.63) is 21.3 Å². The molecule has 1 aromatic heterocycles. The minimum absolute atomic E-state index is 0.244. The number of thiophene rings is 1. The molecule has 1 unspecified atom stereocenters. The van der Waals surface area contributed by atoms with Crippen molar-refractivity contribution in [3.63, 3.8) is 0 Å². The third-order valence-electron chi connectivity index (χ3n) is 1.46. The van der Waals surface area contributed by atoms with Crippen LogP contribution in [0.25, 0.3) is 0 Å². The summed E-state index contributed by atoms with van der Waals surface area (Å²) in [7, 11) is 0. The third kappa shape index (κ3) is 3.02. The maximum Gasteiger partial charge on any atom is 0.0544 e. The van der Waals surface area contributed by atoms with Crippen molar-refractivity contribution in [1.82, 2.24) is 0 Å². The Labute approximate surface area is 81.1 Å². The Hall–Kier alpha value is 0.280. The molecule has 1 rings (SSSR count). The van der Waals surface area contributed by atoms with Gasteiger partial charge in [0.05, 0.1) is 5.02 Å². The van der Waals surface area contributed by atoms with E-state index in [4.69, 9.17) is 23.2 Å². The fourth-order valence-corrected chi connectivity index (χ4v) is 2.09. The SMILES string of the molecule is CC(Cl)CCc1sccc1Cl. The largest absolute Gasteiger partial charge is 0.147 e. The van der Waals surface area contributed by atoms with Crippen LogP contribution in [0.4, 0.5) is 0 Å². The first-order chi connectivity index (χ1) is 5.20. The van der Waals surface area contributed by atoms with Gasteiger partial charge >= 0.3 is 0 Å². The lowest BCUT2D eigenvalue weighted by Crippen LogP contribution is -1.92. The van der Waals surface area contributed by atoms with E-state index in [0.29, 0.717) is 0 Å². The molecule has 1 atom stereocenters. The summed E-state index contributed by atoms with van der Waals surface area (Å²) in [4.78, 5) is 1.25. The first kappa shape index (κ1) is 9.37. The molecule has 0 radical (unpaired) electrons. The van der Waals surface area contributed by atoms with E-state index in [1.807, 2.05) is 18.4 Å². The molecule has 0 fully saturated rings. The Kier molecular flexibility index (Phi) is 3.70. The van der Waals surface area contributed by atoms with Gasteiger partial charge in [-0.2, -0.15) is 0 Å². The normalized spacial score (nSPS) is 13.4. The van der Waals surface area contributed by atoms with Gasteiger partial charge in [-0.05, 0) is 31.2 Å². The summed E-state index contributed by atoms with van der Waals surface area (Å²) in [5.74, 6) is 0. The third-order valence-corrected chi connectivity index (χ3v) is 3.13. The lowest BCUT2D eigenvalue weighted by molar-refractivity contribution is 0.812. The van der Waals surface area contributed by atoms with E-state index >= 15 is 0 Å². The molecule has 62 valence electrons. The zero-order valence-corrected chi connectivity index (χ0v) is 8.64. The summed E-state index contributed by atoms with van der Waals surface area (Å²) in [5, 5.41) is 3.14. The molecule has 1 aromatic rings. The molecule has 0 aromatic carbocycles. The Morgan fingerprint density at radius 3 is 2.82 bits per heavy atom. The van der Waals surface area contributed by atoms with Crippen LogP contribution >= 0.6 is 34.5 Å². The van der Waals surface area contributed by atoms with Crippen molar-refractivity contribution in [2.75, 3.05) is 0 Å². The van der Waals surface area contributed by atoms with Crippen molar-refractivity contribution in [3.8, 4) is 0 Å². The average molecular weight is 209 g/mol. The monoisotopic (exact) mass is 208 g/mol. The minimum atomic E-state index is 0.244. The molecule has 0 aliphatic heterocycles. The van der Waals surface area contributed by atoms with Crippen LogP contribution in [0.1, 0.15) is 18.2 Å². The van der Waals surface area contributed by atoms with Crippen molar-refractivity contribution < 1.29 is 0 Å². The van der Waals surface area contributed by atoms with E-state index < -0.39 is 0 Å². The van der Waals surface area contributed by atoms with Crippen LogP contribution in [-0.2, 0) is 6.42 Å². The van der Waals surface area contributed by atoms with Gasteiger partial charge in [-0.25, -0.2) is 0 Å². The van der Waals surface area contributed by atoms with E-state index in [1.54, 1.807) is 11.3 Å². The molecular weight excluding hydrogens is 199 g/mol. The Morgan fingerprint density at radius 2 is 2.36 bits per heavy atom. The van der Waals surface area contributed by atoms with Crippen LogP contribution in [0.3, 0.4) is 0 Å². The number of aryl methyl sites for hydroxylation is 1. The molecule has 0 bridgehead atoms. The predicted molar refractivity (Wildman–Crippen MR) is 53.0 cm³/mol. The smallest absolute Gasteiger partial charge is 0.0544 e. The van der Waals surface area contributed by atoms with Gasteiger partial charge < -0.3 is 0 Å². The highest BCUT2D eigenvalue weighted by Gasteiger charge is 2.03. The fourth-order valence-electron chi connectivity index (χ4n) is 0.833. The highest BCUT2D eigenvalue weighted by molar-refractivity contribution is 7.10.